The molecule has 0 saturated carbocycles. The van der Waals surface area contributed by atoms with Gasteiger partial charge in [0.05, 0.1) is 25.0 Å². The Morgan fingerprint density at radius 3 is 2.83 bits per heavy atom. The topological polar surface area (TPSA) is 64.5 Å². The Morgan fingerprint density at radius 2 is 2.07 bits per heavy atom. The molecule has 0 spiro atoms. The molecule has 2 fully saturated rings. The maximum atomic E-state index is 9.22. The van der Waals surface area contributed by atoms with E-state index in [2.05, 4.69) is 39.2 Å². The fourth-order valence-corrected chi connectivity index (χ4v) is 5.08. The van der Waals surface area contributed by atoms with Gasteiger partial charge in [0.25, 0.3) is 0 Å². The largest absolute Gasteiger partial charge is 0.395 e. The molecule has 2 aliphatic rings. The lowest BCUT2D eigenvalue weighted by molar-refractivity contribution is 0.101. The molecule has 0 radical (unpaired) electrons. The van der Waals surface area contributed by atoms with Crippen LogP contribution in [0.2, 0.25) is 5.02 Å². The second kappa shape index (κ2) is 9.50. The first-order valence-electron chi connectivity index (χ1n) is 11.0. The molecule has 4 rings (SSSR count). The van der Waals surface area contributed by atoms with Crippen LogP contribution in [0.25, 0.3) is 0 Å². The maximum Gasteiger partial charge on any atom is 0.149 e. The summed E-state index contributed by atoms with van der Waals surface area (Å²) >= 11 is 6.42. The van der Waals surface area contributed by atoms with Crippen molar-refractivity contribution in [1.82, 2.24) is 14.9 Å². The van der Waals surface area contributed by atoms with Gasteiger partial charge in [0.1, 0.15) is 11.6 Å². The molecule has 2 aromatic rings. The van der Waals surface area contributed by atoms with E-state index in [0.717, 1.165) is 66.4 Å². The Labute approximate surface area is 184 Å². The number of piperidine rings is 1. The molecule has 30 heavy (non-hydrogen) atoms. The van der Waals surface area contributed by atoms with Crippen LogP contribution >= 0.6 is 11.6 Å². The second-order valence-corrected chi connectivity index (χ2v) is 9.15. The smallest absolute Gasteiger partial charge is 0.149 e. The van der Waals surface area contributed by atoms with E-state index in [4.69, 9.17) is 16.6 Å². The lowest BCUT2D eigenvalue weighted by Gasteiger charge is -2.47. The van der Waals surface area contributed by atoms with Crippen molar-refractivity contribution in [2.24, 2.45) is 11.8 Å². The molecule has 0 aliphatic carbocycles. The highest BCUT2D eigenvalue weighted by Gasteiger charge is 2.36. The zero-order valence-corrected chi connectivity index (χ0v) is 18.6. The average molecular weight is 430 g/mol. The minimum atomic E-state index is 0.0477. The molecule has 0 amide bonds. The summed E-state index contributed by atoms with van der Waals surface area (Å²) in [6.07, 6.45) is 6.15. The maximum absolute atomic E-state index is 9.22. The third kappa shape index (κ3) is 4.88. The molecule has 3 heterocycles. The molecule has 2 saturated heterocycles. The van der Waals surface area contributed by atoms with Gasteiger partial charge in [-0.05, 0) is 62.3 Å². The number of hydrogen-bond donors (Lipinski definition) is 2. The molecule has 2 N–H and O–H groups in total. The predicted octanol–water partition coefficient (Wildman–Crippen LogP) is 3.75. The van der Waals surface area contributed by atoms with Gasteiger partial charge < -0.3 is 20.2 Å². The van der Waals surface area contributed by atoms with Gasteiger partial charge in [-0.1, -0.05) is 23.7 Å². The number of anilines is 2. The van der Waals surface area contributed by atoms with E-state index in [9.17, 15) is 5.11 Å². The van der Waals surface area contributed by atoms with E-state index in [-0.39, 0.29) is 12.6 Å². The minimum absolute atomic E-state index is 0.0477. The first-order valence-corrected chi connectivity index (χ1v) is 11.3. The van der Waals surface area contributed by atoms with E-state index in [1.54, 1.807) is 6.20 Å². The number of aliphatic hydroxyl groups excluding tert-OH is 1. The number of likely N-dealkylation sites (tertiary alicyclic amines) is 1. The summed E-state index contributed by atoms with van der Waals surface area (Å²) in [7, 11) is 0. The van der Waals surface area contributed by atoms with Crippen molar-refractivity contribution in [1.29, 1.82) is 0 Å². The van der Waals surface area contributed by atoms with Crippen molar-refractivity contribution in [3.63, 3.8) is 0 Å². The Bertz CT molecular complexity index is 855. The number of β-amino-alcohol motifs (C(OH)–C–C–N with tert-alkyl or cyclic N) is 1. The standard InChI is InChI=1S/C23H32ClN5O/c1-16-5-6-20(21(24)10-16)17(2)26-22-11-25-12-23(27-22)29-14-19(15-29)18-4-3-7-28(13-18)8-9-30/h5-6,10-12,17-19,30H,3-4,7-9,13-15H2,1-2H3,(H,26,27)/t17-,18+/m1/s1. The molecule has 0 bridgehead atoms. The van der Waals surface area contributed by atoms with Crippen LogP contribution < -0.4 is 10.2 Å². The van der Waals surface area contributed by atoms with Crippen LogP contribution in [0.15, 0.2) is 30.6 Å². The fraction of sp³-hybridized carbons (Fsp3) is 0.565. The van der Waals surface area contributed by atoms with Gasteiger partial charge in [-0.3, -0.25) is 4.98 Å². The molecule has 162 valence electrons. The van der Waals surface area contributed by atoms with Gasteiger partial charge >= 0.3 is 0 Å². The first-order chi connectivity index (χ1) is 14.5. The summed E-state index contributed by atoms with van der Waals surface area (Å²) < 4.78 is 0. The van der Waals surface area contributed by atoms with Crippen LogP contribution in [0, 0.1) is 18.8 Å². The highest BCUT2D eigenvalue weighted by atomic mass is 35.5. The molecule has 7 heteroatoms. The zero-order chi connectivity index (χ0) is 21.1. The van der Waals surface area contributed by atoms with E-state index in [0.29, 0.717) is 5.92 Å². The van der Waals surface area contributed by atoms with Gasteiger partial charge in [-0.25, -0.2) is 4.98 Å². The average Bonchev–Trinajstić information content (AvgIpc) is 2.68. The minimum Gasteiger partial charge on any atom is -0.395 e. The first kappa shape index (κ1) is 21.3. The Balaban J connectivity index is 1.34. The molecule has 2 atom stereocenters. The number of halogens is 1. The third-order valence-corrected chi connectivity index (χ3v) is 6.79. The summed E-state index contributed by atoms with van der Waals surface area (Å²) in [5.74, 6) is 3.13. The van der Waals surface area contributed by atoms with Crippen LogP contribution in [-0.4, -0.2) is 59.3 Å². The summed E-state index contributed by atoms with van der Waals surface area (Å²) in [6, 6.07) is 6.18. The number of aryl methyl sites for hydroxylation is 1. The molecular weight excluding hydrogens is 398 g/mol. The van der Waals surface area contributed by atoms with E-state index < -0.39 is 0 Å². The summed E-state index contributed by atoms with van der Waals surface area (Å²) in [6.45, 7) is 9.49. The van der Waals surface area contributed by atoms with Gasteiger partial charge in [-0.2, -0.15) is 0 Å². The van der Waals surface area contributed by atoms with Crippen molar-refractivity contribution < 1.29 is 5.11 Å². The molecule has 0 unspecified atom stereocenters. The molecule has 2 aliphatic heterocycles. The molecular formula is C23H32ClN5O. The van der Waals surface area contributed by atoms with Gasteiger partial charge in [0.2, 0.25) is 0 Å². The van der Waals surface area contributed by atoms with E-state index >= 15 is 0 Å². The zero-order valence-electron chi connectivity index (χ0n) is 17.9. The fourth-order valence-electron chi connectivity index (χ4n) is 4.68. The Kier molecular flexibility index (Phi) is 6.76. The van der Waals surface area contributed by atoms with Gasteiger partial charge in [0, 0.05) is 31.2 Å². The summed E-state index contributed by atoms with van der Waals surface area (Å²) in [5.41, 5.74) is 2.21. The lowest BCUT2D eigenvalue weighted by atomic mass is 9.80. The summed E-state index contributed by atoms with van der Waals surface area (Å²) in [4.78, 5) is 13.9. The van der Waals surface area contributed by atoms with Crippen LogP contribution in [0.3, 0.4) is 0 Å². The van der Waals surface area contributed by atoms with Crippen LogP contribution in [0.4, 0.5) is 11.6 Å². The Hall–Kier alpha value is -1.89. The molecule has 1 aromatic carbocycles. The predicted molar refractivity (Wildman–Crippen MR) is 122 cm³/mol. The number of nitrogens with one attached hydrogen (secondary N) is 1. The highest BCUT2D eigenvalue weighted by Crippen LogP contribution is 2.33. The van der Waals surface area contributed by atoms with Crippen molar-refractivity contribution in [2.45, 2.75) is 32.7 Å². The second-order valence-electron chi connectivity index (χ2n) is 8.75. The third-order valence-electron chi connectivity index (χ3n) is 6.47. The number of hydrogen-bond acceptors (Lipinski definition) is 6. The van der Waals surface area contributed by atoms with Crippen molar-refractivity contribution >= 4 is 23.2 Å². The number of aromatic nitrogens is 2. The lowest BCUT2D eigenvalue weighted by Crippen LogP contribution is -2.54. The van der Waals surface area contributed by atoms with Crippen molar-refractivity contribution in [2.75, 3.05) is 49.5 Å². The van der Waals surface area contributed by atoms with Crippen molar-refractivity contribution in [3.05, 3.63) is 46.7 Å². The SMILES string of the molecule is Cc1ccc([C@@H](C)Nc2cncc(N3CC([C@H]4CCCN(CCO)C4)C3)n2)c(Cl)c1. The van der Waals surface area contributed by atoms with Crippen LogP contribution in [0.5, 0.6) is 0 Å². The number of nitrogens with zero attached hydrogens (tertiary/aromatic N) is 4. The highest BCUT2D eigenvalue weighted by molar-refractivity contribution is 6.31. The van der Waals surface area contributed by atoms with Crippen LogP contribution in [-0.2, 0) is 0 Å². The molecule has 1 aromatic heterocycles. The normalized spacial score (nSPS) is 21.3. The molecule has 6 nitrogen and oxygen atoms in total. The van der Waals surface area contributed by atoms with Crippen molar-refractivity contribution in [3.8, 4) is 0 Å². The summed E-state index contributed by atoms with van der Waals surface area (Å²) in [5, 5.41) is 13.4. The van der Waals surface area contributed by atoms with Crippen LogP contribution in [0.1, 0.15) is 36.9 Å². The number of benzene rings is 1. The van der Waals surface area contributed by atoms with E-state index in [1.807, 2.05) is 19.2 Å². The van der Waals surface area contributed by atoms with Gasteiger partial charge in [-0.15, -0.1) is 0 Å². The Morgan fingerprint density at radius 1 is 1.23 bits per heavy atom. The van der Waals surface area contributed by atoms with Gasteiger partial charge in [0.15, 0.2) is 0 Å². The van der Waals surface area contributed by atoms with E-state index in [1.165, 1.54) is 12.8 Å². The number of rotatable bonds is 7. The number of aliphatic hydroxyl groups is 1. The quantitative estimate of drug-likeness (QED) is 0.698. The monoisotopic (exact) mass is 429 g/mol.